The van der Waals surface area contributed by atoms with Crippen LogP contribution in [0.25, 0.3) is 0 Å². The largest absolute Gasteiger partial charge is 0.494 e. The second kappa shape index (κ2) is 9.61. The average molecular weight is 321 g/mol. The molecule has 1 aromatic carbocycles. The van der Waals surface area contributed by atoms with E-state index in [4.69, 9.17) is 9.84 Å². The van der Waals surface area contributed by atoms with Crippen LogP contribution in [0.4, 0.5) is 0 Å². The minimum absolute atomic E-state index is 0.00485. The van der Waals surface area contributed by atoms with Gasteiger partial charge in [0.1, 0.15) is 5.75 Å². The van der Waals surface area contributed by atoms with Gasteiger partial charge in [-0.3, -0.25) is 14.4 Å². The lowest BCUT2D eigenvalue weighted by molar-refractivity contribution is -0.137. The van der Waals surface area contributed by atoms with Gasteiger partial charge in [-0.2, -0.15) is 0 Å². The van der Waals surface area contributed by atoms with Crippen LogP contribution >= 0.6 is 0 Å². The second-order valence-electron chi connectivity index (χ2n) is 5.43. The van der Waals surface area contributed by atoms with E-state index >= 15 is 0 Å². The fraction of sp³-hybridized carbons (Fsp3) is 0.471. The predicted molar refractivity (Wildman–Crippen MR) is 85.7 cm³/mol. The van der Waals surface area contributed by atoms with Crippen molar-refractivity contribution in [1.29, 1.82) is 0 Å². The van der Waals surface area contributed by atoms with E-state index in [9.17, 15) is 14.4 Å². The molecule has 0 aliphatic heterocycles. The molecule has 1 aromatic rings. The highest BCUT2D eigenvalue weighted by Crippen LogP contribution is 2.13. The third-order valence-electron chi connectivity index (χ3n) is 3.28. The molecule has 0 saturated heterocycles. The lowest BCUT2D eigenvalue weighted by atomic mass is 10.1. The Labute approximate surface area is 135 Å². The summed E-state index contributed by atoms with van der Waals surface area (Å²) in [4.78, 5) is 33.3. The Balaban J connectivity index is 2.19. The van der Waals surface area contributed by atoms with Crippen LogP contribution in [0.3, 0.4) is 0 Å². The first-order valence-electron chi connectivity index (χ1n) is 7.63. The smallest absolute Gasteiger partial charge is 0.303 e. The summed E-state index contributed by atoms with van der Waals surface area (Å²) >= 11 is 0. The van der Waals surface area contributed by atoms with Crippen LogP contribution in [-0.2, 0) is 9.59 Å². The molecule has 0 fully saturated rings. The van der Waals surface area contributed by atoms with E-state index in [-0.39, 0.29) is 24.2 Å². The molecule has 0 radical (unpaired) electrons. The molecular formula is C17H23NO5. The Morgan fingerprint density at radius 3 is 2.39 bits per heavy atom. The van der Waals surface area contributed by atoms with Crippen LogP contribution in [0.1, 0.15) is 49.9 Å². The third kappa shape index (κ3) is 7.99. The van der Waals surface area contributed by atoms with Crippen molar-refractivity contribution >= 4 is 17.7 Å². The summed E-state index contributed by atoms with van der Waals surface area (Å²) in [5.74, 6) is -0.316. The molecule has 0 bridgehead atoms. The average Bonchev–Trinajstić information content (AvgIpc) is 2.50. The standard InChI is InChI=1S/C17H23NO5/c1-12(5-10-17(21)22)18-16(20)4-3-11-23-15-8-6-14(7-9-15)13(2)19/h6-9,12H,3-5,10-11H2,1-2H3,(H,18,20)(H,21,22). The molecule has 126 valence electrons. The van der Waals surface area contributed by atoms with Gasteiger partial charge in [0.05, 0.1) is 6.61 Å². The number of carboxylic acid groups (broad SMARTS) is 1. The van der Waals surface area contributed by atoms with Crippen LogP contribution in [-0.4, -0.2) is 35.4 Å². The third-order valence-corrected chi connectivity index (χ3v) is 3.28. The zero-order valence-electron chi connectivity index (χ0n) is 13.5. The molecule has 6 heteroatoms. The number of hydrogen-bond donors (Lipinski definition) is 2. The normalized spacial score (nSPS) is 11.6. The quantitative estimate of drug-likeness (QED) is 0.510. The van der Waals surface area contributed by atoms with Crippen molar-refractivity contribution < 1.29 is 24.2 Å². The van der Waals surface area contributed by atoms with Gasteiger partial charge < -0.3 is 15.2 Å². The number of Topliss-reactive ketones (excluding diaryl/α,β-unsaturated/α-hetero) is 1. The molecule has 1 amide bonds. The Kier molecular flexibility index (Phi) is 7.80. The number of ketones is 1. The number of carbonyl (C=O) groups is 3. The first-order valence-corrected chi connectivity index (χ1v) is 7.63. The highest BCUT2D eigenvalue weighted by atomic mass is 16.5. The molecule has 23 heavy (non-hydrogen) atoms. The van der Waals surface area contributed by atoms with E-state index in [1.54, 1.807) is 31.2 Å². The molecule has 0 saturated carbocycles. The number of benzene rings is 1. The van der Waals surface area contributed by atoms with Gasteiger partial charge in [-0.1, -0.05) is 0 Å². The summed E-state index contributed by atoms with van der Waals surface area (Å²) in [5, 5.41) is 11.3. The van der Waals surface area contributed by atoms with Crippen molar-refractivity contribution in [2.24, 2.45) is 0 Å². The fourth-order valence-electron chi connectivity index (χ4n) is 1.97. The summed E-state index contributed by atoms with van der Waals surface area (Å²) < 4.78 is 5.51. The molecule has 0 spiro atoms. The van der Waals surface area contributed by atoms with Crippen molar-refractivity contribution in [3.05, 3.63) is 29.8 Å². The number of carboxylic acids is 1. The Morgan fingerprint density at radius 1 is 1.17 bits per heavy atom. The van der Waals surface area contributed by atoms with E-state index < -0.39 is 5.97 Å². The molecule has 1 atom stereocenters. The van der Waals surface area contributed by atoms with E-state index in [0.29, 0.717) is 37.2 Å². The molecule has 0 aliphatic rings. The molecule has 0 aliphatic carbocycles. The summed E-state index contributed by atoms with van der Waals surface area (Å²) in [7, 11) is 0. The highest BCUT2D eigenvalue weighted by molar-refractivity contribution is 5.94. The summed E-state index contributed by atoms with van der Waals surface area (Å²) in [6.45, 7) is 3.69. The van der Waals surface area contributed by atoms with Gasteiger partial charge in [-0.15, -0.1) is 0 Å². The number of amides is 1. The number of hydrogen-bond acceptors (Lipinski definition) is 4. The van der Waals surface area contributed by atoms with Gasteiger partial charge >= 0.3 is 5.97 Å². The van der Waals surface area contributed by atoms with Crippen molar-refractivity contribution in [2.45, 2.75) is 45.6 Å². The zero-order chi connectivity index (χ0) is 17.2. The molecule has 0 heterocycles. The highest BCUT2D eigenvalue weighted by Gasteiger charge is 2.09. The van der Waals surface area contributed by atoms with Crippen molar-refractivity contribution in [1.82, 2.24) is 5.32 Å². The maximum absolute atomic E-state index is 11.7. The number of aliphatic carboxylic acids is 1. The molecular weight excluding hydrogens is 298 g/mol. The van der Waals surface area contributed by atoms with Crippen LogP contribution in [0.15, 0.2) is 24.3 Å². The first-order chi connectivity index (χ1) is 10.9. The second-order valence-corrected chi connectivity index (χ2v) is 5.43. The van der Waals surface area contributed by atoms with Crippen LogP contribution in [0.2, 0.25) is 0 Å². The van der Waals surface area contributed by atoms with Gasteiger partial charge in [0.25, 0.3) is 0 Å². The predicted octanol–water partition coefficient (Wildman–Crippen LogP) is 2.42. The number of ether oxygens (including phenoxy) is 1. The van der Waals surface area contributed by atoms with E-state index in [1.807, 2.05) is 0 Å². The lowest BCUT2D eigenvalue weighted by Crippen LogP contribution is -2.32. The summed E-state index contributed by atoms with van der Waals surface area (Å²) in [5.41, 5.74) is 0.632. The number of carbonyl (C=O) groups excluding carboxylic acids is 2. The van der Waals surface area contributed by atoms with Crippen LogP contribution in [0, 0.1) is 0 Å². The van der Waals surface area contributed by atoms with E-state index in [2.05, 4.69) is 5.32 Å². The van der Waals surface area contributed by atoms with Crippen molar-refractivity contribution in [3.63, 3.8) is 0 Å². The molecule has 1 rings (SSSR count). The zero-order valence-corrected chi connectivity index (χ0v) is 13.5. The van der Waals surface area contributed by atoms with Gasteiger partial charge in [-0.25, -0.2) is 0 Å². The monoisotopic (exact) mass is 321 g/mol. The SMILES string of the molecule is CC(=O)c1ccc(OCCCC(=O)NC(C)CCC(=O)O)cc1. The minimum Gasteiger partial charge on any atom is -0.494 e. The van der Waals surface area contributed by atoms with Gasteiger partial charge in [-0.05, 0) is 51.0 Å². The van der Waals surface area contributed by atoms with E-state index in [1.165, 1.54) is 6.92 Å². The molecule has 2 N–H and O–H groups in total. The molecule has 1 unspecified atom stereocenters. The Bertz CT molecular complexity index is 538. The lowest BCUT2D eigenvalue weighted by Gasteiger charge is -2.12. The molecule has 6 nitrogen and oxygen atoms in total. The fourth-order valence-corrected chi connectivity index (χ4v) is 1.97. The maximum Gasteiger partial charge on any atom is 0.303 e. The van der Waals surface area contributed by atoms with Crippen LogP contribution in [0.5, 0.6) is 5.75 Å². The summed E-state index contributed by atoms with van der Waals surface area (Å²) in [6, 6.07) is 6.71. The van der Waals surface area contributed by atoms with Crippen molar-refractivity contribution in [2.75, 3.05) is 6.61 Å². The number of nitrogens with one attached hydrogen (secondary N) is 1. The molecule has 0 aromatic heterocycles. The number of rotatable bonds is 10. The van der Waals surface area contributed by atoms with Crippen LogP contribution < -0.4 is 10.1 Å². The topological polar surface area (TPSA) is 92.7 Å². The van der Waals surface area contributed by atoms with Gasteiger partial charge in [0, 0.05) is 24.4 Å². The Hall–Kier alpha value is -2.37. The van der Waals surface area contributed by atoms with E-state index in [0.717, 1.165) is 0 Å². The first kappa shape index (κ1) is 18.7. The van der Waals surface area contributed by atoms with Gasteiger partial charge in [0.15, 0.2) is 5.78 Å². The van der Waals surface area contributed by atoms with Crippen molar-refractivity contribution in [3.8, 4) is 5.75 Å². The minimum atomic E-state index is -0.865. The van der Waals surface area contributed by atoms with Gasteiger partial charge in [0.2, 0.25) is 5.91 Å². The maximum atomic E-state index is 11.7. The Morgan fingerprint density at radius 2 is 1.83 bits per heavy atom. The summed E-state index contributed by atoms with van der Waals surface area (Å²) in [6.07, 6.45) is 1.34.